The number of rotatable bonds is 5. The molecular weight excluding hydrogens is 328 g/mol. The fourth-order valence-corrected chi connectivity index (χ4v) is 2.75. The highest BCUT2D eigenvalue weighted by molar-refractivity contribution is 5.99. The maximum atomic E-state index is 12.2. The summed E-state index contributed by atoms with van der Waals surface area (Å²) < 4.78 is 0. The molecule has 2 amide bonds. The monoisotopic (exact) mass is 346 g/mol. The lowest BCUT2D eigenvalue weighted by molar-refractivity contribution is -0.120. The van der Waals surface area contributed by atoms with Crippen LogP contribution in [-0.2, 0) is 4.79 Å². The minimum Gasteiger partial charge on any atom is -0.351 e. The number of fused-ring (bicyclic) bond motifs is 1. The number of hydrogen-bond donors (Lipinski definition) is 3. The first kappa shape index (κ1) is 17.2. The van der Waals surface area contributed by atoms with E-state index in [2.05, 4.69) is 21.7 Å². The lowest BCUT2D eigenvalue weighted by atomic mass is 10.0. The Morgan fingerprint density at radius 1 is 1.15 bits per heavy atom. The van der Waals surface area contributed by atoms with E-state index in [4.69, 9.17) is 0 Å². The van der Waals surface area contributed by atoms with E-state index >= 15 is 0 Å². The van der Waals surface area contributed by atoms with E-state index in [1.807, 2.05) is 49.4 Å². The Kier molecular flexibility index (Phi) is 4.99. The zero-order chi connectivity index (χ0) is 18.5. The van der Waals surface area contributed by atoms with Gasteiger partial charge in [0.05, 0.1) is 12.6 Å². The predicted octanol–water partition coefficient (Wildman–Crippen LogP) is 2.59. The molecule has 1 aromatic heterocycles. The first-order chi connectivity index (χ1) is 12.6. The first-order valence-corrected chi connectivity index (χ1v) is 8.19. The van der Waals surface area contributed by atoms with Crippen LogP contribution >= 0.6 is 0 Å². The van der Waals surface area contributed by atoms with Crippen LogP contribution in [0.15, 0.2) is 54.6 Å². The molecule has 6 heteroatoms. The molecule has 3 aromatic rings. The average Bonchev–Trinajstić information content (AvgIpc) is 3.09. The molecule has 0 unspecified atom stereocenters. The summed E-state index contributed by atoms with van der Waals surface area (Å²) in [4.78, 5) is 27.3. The molecule has 3 rings (SSSR count). The van der Waals surface area contributed by atoms with Crippen molar-refractivity contribution in [3.05, 3.63) is 71.4 Å². The number of aromatic nitrogens is 1. The summed E-state index contributed by atoms with van der Waals surface area (Å²) in [6.45, 7) is 1.67. The van der Waals surface area contributed by atoms with Gasteiger partial charge >= 0.3 is 0 Å². The number of nitrogens with one attached hydrogen (secondary N) is 3. The summed E-state index contributed by atoms with van der Waals surface area (Å²) in [7, 11) is 0. The van der Waals surface area contributed by atoms with Crippen molar-refractivity contribution in [1.29, 1.82) is 5.26 Å². The topological polar surface area (TPSA) is 97.8 Å². The van der Waals surface area contributed by atoms with Crippen LogP contribution in [0.4, 0.5) is 0 Å². The van der Waals surface area contributed by atoms with E-state index in [1.165, 1.54) is 0 Å². The number of carbonyl (C=O) groups is 2. The second kappa shape index (κ2) is 7.53. The third-order valence-electron chi connectivity index (χ3n) is 4.12. The van der Waals surface area contributed by atoms with Crippen molar-refractivity contribution >= 4 is 22.7 Å². The highest BCUT2D eigenvalue weighted by atomic mass is 16.2. The van der Waals surface area contributed by atoms with E-state index in [9.17, 15) is 14.9 Å². The van der Waals surface area contributed by atoms with Gasteiger partial charge in [0, 0.05) is 10.9 Å². The Bertz CT molecular complexity index is 967. The summed E-state index contributed by atoms with van der Waals surface area (Å²) >= 11 is 0. The average molecular weight is 346 g/mol. The zero-order valence-electron chi connectivity index (χ0n) is 14.2. The summed E-state index contributed by atoms with van der Waals surface area (Å²) in [6, 6.07) is 17.9. The Hall–Kier alpha value is -3.59. The van der Waals surface area contributed by atoms with E-state index in [1.54, 1.807) is 12.1 Å². The first-order valence-electron chi connectivity index (χ1n) is 8.19. The number of amides is 2. The molecule has 1 heterocycles. The number of nitrogens with zero attached hydrogens (tertiary/aromatic N) is 1. The zero-order valence-corrected chi connectivity index (χ0v) is 14.2. The van der Waals surface area contributed by atoms with Crippen molar-refractivity contribution in [2.24, 2.45) is 0 Å². The number of benzene rings is 2. The second-order valence-electron chi connectivity index (χ2n) is 5.94. The van der Waals surface area contributed by atoms with Crippen molar-refractivity contribution in [1.82, 2.24) is 15.6 Å². The number of para-hydroxylation sites is 1. The fraction of sp³-hybridized carbons (Fsp3) is 0.150. The molecule has 3 N–H and O–H groups in total. The Morgan fingerprint density at radius 2 is 1.88 bits per heavy atom. The van der Waals surface area contributed by atoms with E-state index < -0.39 is 11.9 Å². The normalized spacial score (nSPS) is 11.5. The number of H-pyrrole nitrogens is 1. The number of aromatic amines is 1. The van der Waals surface area contributed by atoms with Crippen LogP contribution in [0, 0.1) is 18.3 Å². The molecule has 130 valence electrons. The summed E-state index contributed by atoms with van der Waals surface area (Å²) in [5, 5.41) is 15.4. The number of nitriles is 1. The SMILES string of the molecule is Cc1ccccc1[C@@H](C#N)NC(=O)CNC(=O)c1cc2ccccc2[nH]1. The lowest BCUT2D eigenvalue weighted by Gasteiger charge is -2.14. The molecule has 1 atom stereocenters. The van der Waals surface area contributed by atoms with Crippen LogP contribution in [0.1, 0.15) is 27.7 Å². The van der Waals surface area contributed by atoms with E-state index in [-0.39, 0.29) is 12.5 Å². The Morgan fingerprint density at radius 3 is 2.62 bits per heavy atom. The summed E-state index contributed by atoms with van der Waals surface area (Å²) in [6.07, 6.45) is 0. The summed E-state index contributed by atoms with van der Waals surface area (Å²) in [5.74, 6) is -0.801. The van der Waals surface area contributed by atoms with Crippen LogP contribution in [0.25, 0.3) is 10.9 Å². The molecule has 0 saturated heterocycles. The van der Waals surface area contributed by atoms with Gasteiger partial charge in [0.15, 0.2) is 0 Å². The van der Waals surface area contributed by atoms with Crippen LogP contribution in [0.5, 0.6) is 0 Å². The maximum Gasteiger partial charge on any atom is 0.268 e. The van der Waals surface area contributed by atoms with Gasteiger partial charge in [-0.15, -0.1) is 0 Å². The van der Waals surface area contributed by atoms with Gasteiger partial charge in [-0.25, -0.2) is 0 Å². The number of aryl methyl sites for hydroxylation is 1. The van der Waals surface area contributed by atoms with Gasteiger partial charge in [0.2, 0.25) is 5.91 Å². The van der Waals surface area contributed by atoms with Crippen LogP contribution in [0.2, 0.25) is 0 Å². The molecule has 0 aliphatic carbocycles. The maximum absolute atomic E-state index is 12.2. The standard InChI is InChI=1S/C20H18N4O2/c1-13-6-2-4-8-15(13)18(11-21)24-19(25)12-22-20(26)17-10-14-7-3-5-9-16(14)23-17/h2-10,18,23H,12H2,1H3,(H,22,26)(H,24,25)/t18-/m1/s1. The molecule has 2 aromatic carbocycles. The van der Waals surface area contributed by atoms with Gasteiger partial charge in [0.1, 0.15) is 11.7 Å². The second-order valence-corrected chi connectivity index (χ2v) is 5.94. The quantitative estimate of drug-likeness (QED) is 0.662. The lowest BCUT2D eigenvalue weighted by Crippen LogP contribution is -2.38. The molecule has 0 bridgehead atoms. The summed E-state index contributed by atoms with van der Waals surface area (Å²) in [5.41, 5.74) is 2.90. The van der Waals surface area contributed by atoms with Gasteiger partial charge < -0.3 is 15.6 Å². The van der Waals surface area contributed by atoms with Crippen molar-refractivity contribution in [2.45, 2.75) is 13.0 Å². The predicted molar refractivity (Wildman–Crippen MR) is 98.3 cm³/mol. The molecule has 0 aliphatic heterocycles. The molecule has 26 heavy (non-hydrogen) atoms. The number of hydrogen-bond acceptors (Lipinski definition) is 3. The van der Waals surface area contributed by atoms with Gasteiger partial charge in [-0.3, -0.25) is 9.59 Å². The van der Waals surface area contributed by atoms with Crippen molar-refractivity contribution < 1.29 is 9.59 Å². The van der Waals surface area contributed by atoms with Crippen molar-refractivity contribution in [3.8, 4) is 6.07 Å². The molecule has 6 nitrogen and oxygen atoms in total. The molecule has 0 spiro atoms. The minimum atomic E-state index is -0.756. The molecule has 0 fully saturated rings. The van der Waals surface area contributed by atoms with E-state index in [0.29, 0.717) is 5.69 Å². The molecule has 0 aliphatic rings. The van der Waals surface area contributed by atoms with E-state index in [0.717, 1.165) is 22.0 Å². The van der Waals surface area contributed by atoms with Gasteiger partial charge in [-0.2, -0.15) is 5.26 Å². The van der Waals surface area contributed by atoms with Gasteiger partial charge in [-0.1, -0.05) is 42.5 Å². The Balaban J connectivity index is 1.60. The van der Waals surface area contributed by atoms with Crippen molar-refractivity contribution in [3.63, 3.8) is 0 Å². The van der Waals surface area contributed by atoms with Crippen LogP contribution in [0.3, 0.4) is 0 Å². The fourth-order valence-electron chi connectivity index (χ4n) is 2.75. The highest BCUT2D eigenvalue weighted by Gasteiger charge is 2.16. The largest absolute Gasteiger partial charge is 0.351 e. The Labute approximate surface area is 150 Å². The highest BCUT2D eigenvalue weighted by Crippen LogP contribution is 2.16. The molecular formula is C20H18N4O2. The molecule has 0 radical (unpaired) electrons. The van der Waals surface area contributed by atoms with Gasteiger partial charge in [0.25, 0.3) is 5.91 Å². The van der Waals surface area contributed by atoms with Crippen LogP contribution < -0.4 is 10.6 Å². The number of carbonyl (C=O) groups excluding carboxylic acids is 2. The minimum absolute atomic E-state index is 0.210. The smallest absolute Gasteiger partial charge is 0.268 e. The van der Waals surface area contributed by atoms with Crippen LogP contribution in [-0.4, -0.2) is 23.3 Å². The third kappa shape index (κ3) is 3.73. The van der Waals surface area contributed by atoms with Gasteiger partial charge in [-0.05, 0) is 30.2 Å². The van der Waals surface area contributed by atoms with Crippen molar-refractivity contribution in [2.75, 3.05) is 6.54 Å². The third-order valence-corrected chi connectivity index (χ3v) is 4.12. The molecule has 0 saturated carbocycles.